The Morgan fingerprint density at radius 2 is 1.69 bits per heavy atom. The van der Waals surface area contributed by atoms with Crippen LogP contribution in [0.2, 0.25) is 0 Å². The number of carbonyl (C=O) groups excluding carboxylic acids is 1. The summed E-state index contributed by atoms with van der Waals surface area (Å²) in [5, 5.41) is 2.72. The minimum atomic E-state index is -1.17. The minimum Gasteiger partial charge on any atom is -0.490 e. The van der Waals surface area contributed by atoms with Crippen molar-refractivity contribution >= 4 is 17.3 Å². The molecule has 0 atom stereocenters. The molecule has 0 saturated heterocycles. The zero-order valence-corrected chi connectivity index (χ0v) is 24.0. The summed E-state index contributed by atoms with van der Waals surface area (Å²) < 4.78 is 37.9. The second kappa shape index (κ2) is 14.6. The Kier molecular flexibility index (Phi) is 11.3. The van der Waals surface area contributed by atoms with Crippen molar-refractivity contribution in [2.24, 2.45) is 0 Å². The average Bonchev–Trinajstić information content (AvgIpc) is 3.42. The number of nitrogens with zero attached hydrogens (tertiary/aromatic N) is 1. The van der Waals surface area contributed by atoms with E-state index in [1.165, 1.54) is 32.7 Å². The van der Waals surface area contributed by atoms with Crippen molar-refractivity contribution in [2.75, 3.05) is 41.3 Å². The first-order chi connectivity index (χ1) is 18.8. The molecule has 0 aliphatic rings. The fraction of sp³-hybridized carbons (Fsp3) is 0.379. The van der Waals surface area contributed by atoms with Crippen molar-refractivity contribution in [3.63, 3.8) is 0 Å². The molecule has 2 aromatic carbocycles. The van der Waals surface area contributed by atoms with Crippen molar-refractivity contribution in [1.29, 1.82) is 0 Å². The normalized spacial score (nSPS) is 10.9. The van der Waals surface area contributed by atoms with E-state index in [4.69, 9.17) is 38.1 Å². The smallest absolute Gasteiger partial charge is 0.346 e. The molecule has 0 fully saturated rings. The van der Waals surface area contributed by atoms with Crippen molar-refractivity contribution in [3.05, 3.63) is 59.0 Å². The monoisotopic (exact) mass is 557 g/mol. The third kappa shape index (κ3) is 7.79. The van der Waals surface area contributed by atoms with Gasteiger partial charge in [-0.25, -0.2) is 9.78 Å². The number of aromatic nitrogens is 1. The number of hydrogen-bond donors (Lipinski definition) is 0. The molecule has 1 heterocycles. The Hall–Kier alpha value is -3.44. The molecule has 39 heavy (non-hydrogen) atoms. The zero-order valence-electron chi connectivity index (χ0n) is 23.2. The zero-order chi connectivity index (χ0) is 28.4. The molecule has 0 aliphatic heterocycles. The predicted molar refractivity (Wildman–Crippen MR) is 150 cm³/mol. The van der Waals surface area contributed by atoms with E-state index in [0.29, 0.717) is 48.1 Å². The Balaban J connectivity index is 2.08. The number of carbonyl (C=O) groups is 1. The maximum Gasteiger partial charge on any atom is 0.346 e. The first-order valence-electron chi connectivity index (χ1n) is 12.4. The van der Waals surface area contributed by atoms with Gasteiger partial charge >= 0.3 is 12.4 Å². The quantitative estimate of drug-likeness (QED) is 0.125. The number of methoxy groups -OCH3 is 3. The summed E-state index contributed by atoms with van der Waals surface area (Å²) in [7, 11) is 4.26. The fourth-order valence-electron chi connectivity index (χ4n) is 3.80. The summed E-state index contributed by atoms with van der Waals surface area (Å²) in [6.45, 7) is 9.62. The lowest BCUT2D eigenvalue weighted by Gasteiger charge is -2.19. The van der Waals surface area contributed by atoms with Gasteiger partial charge < -0.3 is 33.2 Å². The molecule has 1 aromatic heterocycles. The number of thiazole rings is 1. The molecular formula is C29H35NO8S. The van der Waals surface area contributed by atoms with Crippen LogP contribution in [0, 0.1) is 0 Å². The van der Waals surface area contributed by atoms with E-state index >= 15 is 0 Å². The van der Waals surface area contributed by atoms with E-state index in [-0.39, 0.29) is 12.4 Å². The van der Waals surface area contributed by atoms with Crippen molar-refractivity contribution in [3.8, 4) is 39.1 Å². The van der Waals surface area contributed by atoms with E-state index < -0.39 is 12.4 Å². The van der Waals surface area contributed by atoms with Crippen molar-refractivity contribution in [1.82, 2.24) is 4.98 Å². The van der Waals surface area contributed by atoms with Gasteiger partial charge in [0.25, 0.3) is 0 Å². The second-order valence-corrected chi connectivity index (χ2v) is 9.29. The third-order valence-corrected chi connectivity index (χ3v) is 6.27. The van der Waals surface area contributed by atoms with Crippen LogP contribution in [-0.2, 0) is 25.4 Å². The van der Waals surface area contributed by atoms with Gasteiger partial charge in [0.2, 0.25) is 0 Å². The molecule has 3 rings (SSSR count). The van der Waals surface area contributed by atoms with Crippen molar-refractivity contribution in [2.45, 2.75) is 33.7 Å². The molecular weight excluding hydrogens is 522 g/mol. The highest BCUT2D eigenvalue weighted by Crippen LogP contribution is 2.38. The molecule has 0 radical (unpaired) electrons. The van der Waals surface area contributed by atoms with Crippen molar-refractivity contribution < 1.29 is 38.0 Å². The van der Waals surface area contributed by atoms with Gasteiger partial charge in [-0.2, -0.15) is 0 Å². The van der Waals surface area contributed by atoms with Crippen LogP contribution in [0.3, 0.4) is 0 Å². The van der Waals surface area contributed by atoms with E-state index in [1.807, 2.05) is 50.4 Å². The van der Waals surface area contributed by atoms with Crippen LogP contribution in [0.4, 0.5) is 0 Å². The van der Waals surface area contributed by atoms with Gasteiger partial charge in [-0.15, -0.1) is 11.3 Å². The molecule has 0 saturated carbocycles. The summed E-state index contributed by atoms with van der Waals surface area (Å²) >= 11 is 1.48. The molecule has 3 aromatic rings. The number of ether oxygens (including phenoxy) is 7. The largest absolute Gasteiger partial charge is 0.490 e. The molecule has 210 valence electrons. The second-order valence-electron chi connectivity index (χ2n) is 8.43. The fourth-order valence-corrected chi connectivity index (χ4v) is 4.63. The van der Waals surface area contributed by atoms with E-state index in [0.717, 1.165) is 21.7 Å². The maximum atomic E-state index is 13.2. The highest BCUT2D eigenvalue weighted by atomic mass is 32.1. The van der Waals surface area contributed by atoms with Crippen LogP contribution < -0.4 is 14.2 Å². The van der Waals surface area contributed by atoms with Crippen LogP contribution in [0.5, 0.6) is 17.2 Å². The van der Waals surface area contributed by atoms with Gasteiger partial charge in [0.15, 0.2) is 18.3 Å². The van der Waals surface area contributed by atoms with E-state index in [2.05, 4.69) is 6.58 Å². The molecule has 0 bridgehead atoms. The van der Waals surface area contributed by atoms with Gasteiger partial charge in [0.05, 0.1) is 18.9 Å². The minimum absolute atomic E-state index is 0.0540. The highest BCUT2D eigenvalue weighted by molar-refractivity contribution is 7.13. The summed E-state index contributed by atoms with van der Waals surface area (Å²) in [5.74, 6) is 1.00. The summed E-state index contributed by atoms with van der Waals surface area (Å²) in [6.07, 6.45) is 0.471. The van der Waals surface area contributed by atoms with Crippen LogP contribution >= 0.6 is 11.3 Å². The molecule has 0 N–H and O–H groups in total. The van der Waals surface area contributed by atoms with Gasteiger partial charge in [-0.3, -0.25) is 0 Å². The first-order valence-corrected chi connectivity index (χ1v) is 13.3. The van der Waals surface area contributed by atoms with E-state index in [1.54, 1.807) is 6.07 Å². The van der Waals surface area contributed by atoms with Crippen LogP contribution in [0.1, 0.15) is 36.7 Å². The van der Waals surface area contributed by atoms with Gasteiger partial charge in [0, 0.05) is 37.8 Å². The number of esters is 1. The molecule has 0 unspecified atom stereocenters. The molecule has 0 aliphatic carbocycles. The Morgan fingerprint density at radius 3 is 2.33 bits per heavy atom. The number of benzene rings is 2. The number of allylic oxidation sites excluding steroid dienone is 1. The molecule has 0 spiro atoms. The van der Waals surface area contributed by atoms with Crippen LogP contribution in [-0.4, -0.2) is 58.8 Å². The lowest BCUT2D eigenvalue weighted by molar-refractivity contribution is -0.235. The highest BCUT2D eigenvalue weighted by Gasteiger charge is 2.24. The summed E-state index contributed by atoms with van der Waals surface area (Å²) in [6, 6.07) is 9.36. The first kappa shape index (κ1) is 30.1. The average molecular weight is 558 g/mol. The Labute approximate surface area is 233 Å². The summed E-state index contributed by atoms with van der Waals surface area (Å²) in [4.78, 5) is 18.1. The Bertz CT molecular complexity index is 1270. The SMILES string of the molecule is C=C(C)Cc1cc(-c2csc(-c3ccc(OCC)c(OCC)c3)n2)cc(C(=O)OC(OC)OC)c1OCOC. The Morgan fingerprint density at radius 1 is 0.974 bits per heavy atom. The predicted octanol–water partition coefficient (Wildman–Crippen LogP) is 6.11. The van der Waals surface area contributed by atoms with Gasteiger partial charge in [-0.05, 0) is 63.1 Å². The van der Waals surface area contributed by atoms with Gasteiger partial charge in [0.1, 0.15) is 16.3 Å². The lowest BCUT2D eigenvalue weighted by atomic mass is 9.98. The third-order valence-electron chi connectivity index (χ3n) is 5.38. The molecule has 10 heteroatoms. The summed E-state index contributed by atoms with van der Waals surface area (Å²) in [5.41, 5.74) is 4.11. The molecule has 0 amide bonds. The molecule has 9 nitrogen and oxygen atoms in total. The standard InChI is InChI=1S/C29H35NO8S/c1-8-35-24-11-10-19(15-25(24)36-9-2)27-30-23(16-39-27)20-13-21(12-18(3)4)26(37-17-32-5)22(14-20)28(31)38-29(33-6)34-7/h10-11,13-16,29H,3,8-9,12,17H2,1-2,4-7H3. The topological polar surface area (TPSA) is 94.6 Å². The lowest BCUT2D eigenvalue weighted by Crippen LogP contribution is -2.22. The van der Waals surface area contributed by atoms with E-state index in [9.17, 15) is 4.79 Å². The van der Waals surface area contributed by atoms with Gasteiger partial charge in [-0.1, -0.05) is 12.2 Å². The van der Waals surface area contributed by atoms with Crippen LogP contribution in [0.25, 0.3) is 21.8 Å². The number of rotatable bonds is 15. The number of hydrogen-bond acceptors (Lipinski definition) is 10. The van der Waals surface area contributed by atoms with Crippen LogP contribution in [0.15, 0.2) is 47.9 Å². The maximum absolute atomic E-state index is 13.2.